The highest BCUT2D eigenvalue weighted by molar-refractivity contribution is 5.77. The molecule has 0 saturated heterocycles. The Bertz CT molecular complexity index is 311. The Balaban J connectivity index is 2.30. The van der Waals surface area contributed by atoms with Crippen LogP contribution in [0.1, 0.15) is 19.4 Å². The fourth-order valence-corrected chi connectivity index (χ4v) is 1.53. The third kappa shape index (κ3) is 4.94. The van der Waals surface area contributed by atoms with E-state index < -0.39 is 0 Å². The predicted molar refractivity (Wildman–Crippen MR) is 64.2 cm³/mol. The molecule has 3 nitrogen and oxygen atoms in total. The van der Waals surface area contributed by atoms with Crippen molar-refractivity contribution in [3.8, 4) is 0 Å². The van der Waals surface area contributed by atoms with Crippen molar-refractivity contribution >= 4 is 5.91 Å². The van der Waals surface area contributed by atoms with Crippen molar-refractivity contribution in [3.63, 3.8) is 0 Å². The van der Waals surface area contributed by atoms with Gasteiger partial charge in [0.15, 0.2) is 0 Å². The van der Waals surface area contributed by atoms with Crippen molar-refractivity contribution < 1.29 is 9.53 Å². The predicted octanol–water partition coefficient (Wildman–Crippen LogP) is 1.77. The molecule has 0 fully saturated rings. The van der Waals surface area contributed by atoms with Crippen LogP contribution in [0.5, 0.6) is 0 Å². The highest BCUT2D eigenvalue weighted by Gasteiger charge is 2.07. The fourth-order valence-electron chi connectivity index (χ4n) is 1.53. The van der Waals surface area contributed by atoms with E-state index in [0.29, 0.717) is 6.61 Å². The SMILES string of the molecule is CCOCC(=O)NC(C)Cc1ccccc1. The highest BCUT2D eigenvalue weighted by Crippen LogP contribution is 2.02. The molecule has 0 aromatic heterocycles. The van der Waals surface area contributed by atoms with Crippen molar-refractivity contribution in [1.82, 2.24) is 5.32 Å². The van der Waals surface area contributed by atoms with Crippen LogP contribution in [0.2, 0.25) is 0 Å². The summed E-state index contributed by atoms with van der Waals surface area (Å²) in [5, 5.41) is 2.90. The average molecular weight is 221 g/mol. The summed E-state index contributed by atoms with van der Waals surface area (Å²) in [6.45, 7) is 4.59. The number of ether oxygens (including phenoxy) is 1. The van der Waals surface area contributed by atoms with Crippen LogP contribution >= 0.6 is 0 Å². The Labute approximate surface area is 96.8 Å². The molecule has 1 amide bonds. The lowest BCUT2D eigenvalue weighted by molar-refractivity contribution is -0.126. The topological polar surface area (TPSA) is 38.3 Å². The van der Waals surface area contributed by atoms with Gasteiger partial charge in [0, 0.05) is 12.6 Å². The van der Waals surface area contributed by atoms with E-state index in [1.54, 1.807) is 0 Å². The lowest BCUT2D eigenvalue weighted by atomic mass is 10.1. The zero-order valence-electron chi connectivity index (χ0n) is 9.90. The zero-order valence-corrected chi connectivity index (χ0v) is 9.90. The number of amides is 1. The van der Waals surface area contributed by atoms with E-state index in [4.69, 9.17) is 4.74 Å². The monoisotopic (exact) mass is 221 g/mol. The van der Waals surface area contributed by atoms with Crippen molar-refractivity contribution in [3.05, 3.63) is 35.9 Å². The molecule has 0 radical (unpaired) electrons. The average Bonchev–Trinajstić information content (AvgIpc) is 2.27. The quantitative estimate of drug-likeness (QED) is 0.795. The largest absolute Gasteiger partial charge is 0.372 e. The Kier molecular flexibility index (Phi) is 5.57. The Morgan fingerprint density at radius 2 is 2.06 bits per heavy atom. The molecule has 1 unspecified atom stereocenters. The van der Waals surface area contributed by atoms with Crippen LogP contribution in [-0.2, 0) is 16.0 Å². The van der Waals surface area contributed by atoms with Gasteiger partial charge in [-0.15, -0.1) is 0 Å². The summed E-state index contributed by atoms with van der Waals surface area (Å²) in [5.74, 6) is -0.0507. The normalized spacial score (nSPS) is 12.1. The lowest BCUT2D eigenvalue weighted by Crippen LogP contribution is -2.36. The summed E-state index contributed by atoms with van der Waals surface area (Å²) < 4.78 is 5.03. The summed E-state index contributed by atoms with van der Waals surface area (Å²) >= 11 is 0. The highest BCUT2D eigenvalue weighted by atomic mass is 16.5. The molecule has 0 aliphatic heterocycles. The number of rotatable bonds is 6. The first-order valence-electron chi connectivity index (χ1n) is 5.63. The van der Waals surface area contributed by atoms with Crippen LogP contribution < -0.4 is 5.32 Å². The summed E-state index contributed by atoms with van der Waals surface area (Å²) in [5.41, 5.74) is 1.23. The maximum atomic E-state index is 11.4. The van der Waals surface area contributed by atoms with E-state index >= 15 is 0 Å². The minimum absolute atomic E-state index is 0.0507. The van der Waals surface area contributed by atoms with Gasteiger partial charge in [-0.05, 0) is 25.8 Å². The van der Waals surface area contributed by atoms with Gasteiger partial charge in [-0.2, -0.15) is 0 Å². The van der Waals surface area contributed by atoms with E-state index in [0.717, 1.165) is 6.42 Å². The lowest BCUT2D eigenvalue weighted by Gasteiger charge is -2.13. The van der Waals surface area contributed by atoms with Gasteiger partial charge in [0.25, 0.3) is 0 Å². The van der Waals surface area contributed by atoms with E-state index in [1.807, 2.05) is 32.0 Å². The van der Waals surface area contributed by atoms with Crippen molar-refractivity contribution in [2.75, 3.05) is 13.2 Å². The minimum atomic E-state index is -0.0507. The second-order valence-corrected chi connectivity index (χ2v) is 3.80. The molecule has 0 aliphatic carbocycles. The second kappa shape index (κ2) is 7.01. The van der Waals surface area contributed by atoms with Gasteiger partial charge in [0.05, 0.1) is 0 Å². The summed E-state index contributed by atoms with van der Waals surface area (Å²) in [7, 11) is 0. The molecule has 0 saturated carbocycles. The van der Waals surface area contributed by atoms with E-state index in [2.05, 4.69) is 17.4 Å². The van der Waals surface area contributed by atoms with Crippen molar-refractivity contribution in [1.29, 1.82) is 0 Å². The minimum Gasteiger partial charge on any atom is -0.372 e. The van der Waals surface area contributed by atoms with Crippen molar-refractivity contribution in [2.24, 2.45) is 0 Å². The maximum Gasteiger partial charge on any atom is 0.246 e. The van der Waals surface area contributed by atoms with Crippen LogP contribution in [-0.4, -0.2) is 25.2 Å². The second-order valence-electron chi connectivity index (χ2n) is 3.80. The molecule has 0 bridgehead atoms. The molecule has 0 spiro atoms. The molecule has 3 heteroatoms. The van der Waals surface area contributed by atoms with Gasteiger partial charge >= 0.3 is 0 Å². The molecule has 1 aromatic carbocycles. The summed E-state index contributed by atoms with van der Waals surface area (Å²) in [6, 6.07) is 10.3. The van der Waals surface area contributed by atoms with Gasteiger partial charge in [0.2, 0.25) is 5.91 Å². The molecule has 16 heavy (non-hydrogen) atoms. The molecule has 1 rings (SSSR count). The molecule has 1 atom stereocenters. The first kappa shape index (κ1) is 12.7. The van der Waals surface area contributed by atoms with E-state index in [9.17, 15) is 4.79 Å². The van der Waals surface area contributed by atoms with Gasteiger partial charge in [-0.25, -0.2) is 0 Å². The molecule has 0 heterocycles. The first-order chi connectivity index (χ1) is 7.72. The van der Waals surface area contributed by atoms with Crippen molar-refractivity contribution in [2.45, 2.75) is 26.3 Å². The van der Waals surface area contributed by atoms with Gasteiger partial charge in [-0.3, -0.25) is 4.79 Å². The van der Waals surface area contributed by atoms with Crippen LogP contribution in [0, 0.1) is 0 Å². The number of hydrogen-bond donors (Lipinski definition) is 1. The molecule has 0 aliphatic rings. The van der Waals surface area contributed by atoms with Crippen LogP contribution in [0.25, 0.3) is 0 Å². The fraction of sp³-hybridized carbons (Fsp3) is 0.462. The summed E-state index contributed by atoms with van der Waals surface area (Å²) in [6.07, 6.45) is 0.846. The summed E-state index contributed by atoms with van der Waals surface area (Å²) in [4.78, 5) is 11.4. The van der Waals surface area contributed by atoms with Crippen LogP contribution in [0.15, 0.2) is 30.3 Å². The van der Waals surface area contributed by atoms with Gasteiger partial charge in [-0.1, -0.05) is 30.3 Å². The standard InChI is InChI=1S/C13H19NO2/c1-3-16-10-13(15)14-11(2)9-12-7-5-4-6-8-12/h4-8,11H,3,9-10H2,1-2H3,(H,14,15). The number of carbonyl (C=O) groups excluding carboxylic acids is 1. The maximum absolute atomic E-state index is 11.4. The Morgan fingerprint density at radius 1 is 1.38 bits per heavy atom. The molecule has 1 aromatic rings. The Hall–Kier alpha value is -1.35. The van der Waals surface area contributed by atoms with Crippen LogP contribution in [0.4, 0.5) is 0 Å². The molecular weight excluding hydrogens is 202 g/mol. The number of carbonyl (C=O) groups is 1. The molecular formula is C13H19NO2. The number of hydrogen-bond acceptors (Lipinski definition) is 2. The Morgan fingerprint density at radius 3 is 2.69 bits per heavy atom. The third-order valence-electron chi connectivity index (χ3n) is 2.23. The third-order valence-corrected chi connectivity index (χ3v) is 2.23. The molecule has 1 N–H and O–H groups in total. The first-order valence-corrected chi connectivity index (χ1v) is 5.63. The number of nitrogens with one attached hydrogen (secondary N) is 1. The zero-order chi connectivity index (χ0) is 11.8. The molecule has 88 valence electrons. The van der Waals surface area contributed by atoms with E-state index in [1.165, 1.54) is 5.56 Å². The smallest absolute Gasteiger partial charge is 0.246 e. The van der Waals surface area contributed by atoms with Gasteiger partial charge < -0.3 is 10.1 Å². The van der Waals surface area contributed by atoms with Crippen LogP contribution in [0.3, 0.4) is 0 Å². The van der Waals surface area contributed by atoms with E-state index in [-0.39, 0.29) is 18.6 Å². The van der Waals surface area contributed by atoms with Gasteiger partial charge in [0.1, 0.15) is 6.61 Å². The number of benzene rings is 1.